The summed E-state index contributed by atoms with van der Waals surface area (Å²) in [5.41, 5.74) is 1.20. The number of anilines is 1. The first kappa shape index (κ1) is 17.2. The smallest absolute Gasteiger partial charge is 0.341 e. The minimum atomic E-state index is -1.13. The fourth-order valence-electron chi connectivity index (χ4n) is 2.71. The molecule has 0 spiro atoms. The molecule has 0 aromatic carbocycles. The van der Waals surface area contributed by atoms with Crippen LogP contribution in [0, 0.1) is 0 Å². The molecule has 0 unspecified atom stereocenters. The summed E-state index contributed by atoms with van der Waals surface area (Å²) < 4.78 is 7.39. The fraction of sp³-hybridized carbons (Fsp3) is 0.533. The van der Waals surface area contributed by atoms with Gasteiger partial charge in [-0.25, -0.2) is 9.78 Å². The molecule has 0 fully saturated rings. The molecule has 130 valence electrons. The van der Waals surface area contributed by atoms with Crippen LogP contribution in [0.15, 0.2) is 6.20 Å². The Balaban J connectivity index is 1.85. The van der Waals surface area contributed by atoms with E-state index in [1.54, 1.807) is 4.52 Å². The number of carbonyl (C=O) groups is 1. The number of nitrogens with zero attached hydrogens (tertiary/aromatic N) is 4. The molecule has 2 aromatic heterocycles. The lowest BCUT2D eigenvalue weighted by atomic mass is 10.2. The van der Waals surface area contributed by atoms with Gasteiger partial charge < -0.3 is 14.7 Å². The number of halogens is 1. The minimum Gasteiger partial charge on any atom is -0.477 e. The molecule has 2 aromatic rings. The first-order valence-electron chi connectivity index (χ1n) is 7.90. The van der Waals surface area contributed by atoms with Crippen LogP contribution in [-0.4, -0.2) is 53.6 Å². The Bertz CT molecular complexity index is 787. The molecular formula is C15H21ClN4O3Si. The zero-order valence-corrected chi connectivity index (χ0v) is 15.8. The number of hydrogen-bond acceptors (Lipinski definition) is 5. The van der Waals surface area contributed by atoms with E-state index in [0.29, 0.717) is 11.9 Å². The lowest BCUT2D eigenvalue weighted by molar-refractivity contribution is 0.0698. The molecule has 1 N–H and O–H groups in total. The molecule has 3 rings (SSSR count). The topological polar surface area (TPSA) is 80.0 Å². The maximum atomic E-state index is 11.3. The number of fused-ring (bicyclic) bond motifs is 3. The third kappa shape index (κ3) is 3.26. The maximum absolute atomic E-state index is 11.3. The molecule has 1 aliphatic rings. The van der Waals surface area contributed by atoms with Gasteiger partial charge in [0.1, 0.15) is 23.3 Å². The number of carboxylic acids is 1. The van der Waals surface area contributed by atoms with Gasteiger partial charge in [0.15, 0.2) is 5.65 Å². The van der Waals surface area contributed by atoms with Gasteiger partial charge in [-0.15, -0.1) is 0 Å². The van der Waals surface area contributed by atoms with Crippen molar-refractivity contribution in [2.24, 2.45) is 0 Å². The second-order valence-electron chi connectivity index (χ2n) is 7.17. The van der Waals surface area contributed by atoms with Crippen molar-refractivity contribution in [1.29, 1.82) is 0 Å². The number of hydrogen-bond donors (Lipinski definition) is 1. The van der Waals surface area contributed by atoms with Crippen LogP contribution in [-0.2, 0) is 11.2 Å². The van der Waals surface area contributed by atoms with Crippen LogP contribution in [0.2, 0.25) is 30.8 Å². The molecule has 9 heteroatoms. The predicted octanol–water partition coefficient (Wildman–Crippen LogP) is 2.76. The second kappa shape index (κ2) is 6.34. The zero-order chi connectivity index (χ0) is 17.5. The van der Waals surface area contributed by atoms with Gasteiger partial charge in [-0.3, -0.25) is 0 Å². The van der Waals surface area contributed by atoms with E-state index in [9.17, 15) is 9.90 Å². The number of carboxylic acid groups (broad SMARTS) is 1. The molecule has 0 saturated carbocycles. The lowest BCUT2D eigenvalue weighted by Gasteiger charge is -2.21. The highest BCUT2D eigenvalue weighted by Gasteiger charge is 2.28. The van der Waals surface area contributed by atoms with Crippen LogP contribution in [0.1, 0.15) is 15.9 Å². The summed E-state index contributed by atoms with van der Waals surface area (Å²) >= 11 is 6.26. The van der Waals surface area contributed by atoms with E-state index in [-0.39, 0.29) is 11.2 Å². The molecule has 7 nitrogen and oxygen atoms in total. The standard InChI is InChI=1S/C15H21ClN4O3Si/c1-24(2,3)7-6-23-9-19-5-4-10-12(16)18-13-11(15(21)22)8-17-20(13)14(10)19/h8H,4-7,9H2,1-3H3,(H,21,22). The molecule has 0 bridgehead atoms. The van der Waals surface area contributed by atoms with Crippen molar-refractivity contribution < 1.29 is 14.6 Å². The van der Waals surface area contributed by atoms with Crippen molar-refractivity contribution in [3.05, 3.63) is 22.5 Å². The molecule has 0 atom stereocenters. The predicted molar refractivity (Wildman–Crippen MR) is 95.0 cm³/mol. The van der Waals surface area contributed by atoms with E-state index in [0.717, 1.165) is 37.0 Å². The molecule has 3 heterocycles. The zero-order valence-electron chi connectivity index (χ0n) is 14.0. The van der Waals surface area contributed by atoms with Gasteiger partial charge in [0.2, 0.25) is 0 Å². The van der Waals surface area contributed by atoms with E-state index in [1.165, 1.54) is 6.20 Å². The highest BCUT2D eigenvalue weighted by Crippen LogP contribution is 2.33. The summed E-state index contributed by atoms with van der Waals surface area (Å²) in [6, 6.07) is 1.10. The van der Waals surface area contributed by atoms with E-state index in [4.69, 9.17) is 16.3 Å². The van der Waals surface area contributed by atoms with Crippen molar-refractivity contribution in [3.8, 4) is 0 Å². The summed E-state index contributed by atoms with van der Waals surface area (Å²) in [5, 5.41) is 13.8. The van der Waals surface area contributed by atoms with Gasteiger partial charge in [-0.2, -0.15) is 9.61 Å². The van der Waals surface area contributed by atoms with E-state index in [1.807, 2.05) is 4.90 Å². The van der Waals surface area contributed by atoms with E-state index < -0.39 is 14.0 Å². The van der Waals surface area contributed by atoms with Crippen LogP contribution >= 0.6 is 11.6 Å². The second-order valence-corrected chi connectivity index (χ2v) is 13.1. The van der Waals surface area contributed by atoms with Gasteiger partial charge in [-0.05, 0) is 12.5 Å². The summed E-state index contributed by atoms with van der Waals surface area (Å²) in [4.78, 5) is 17.6. The molecule has 24 heavy (non-hydrogen) atoms. The molecular weight excluding hydrogens is 348 g/mol. The van der Waals surface area contributed by atoms with Crippen LogP contribution in [0.3, 0.4) is 0 Å². The Labute approximate surface area is 146 Å². The van der Waals surface area contributed by atoms with Crippen molar-refractivity contribution >= 4 is 37.1 Å². The van der Waals surface area contributed by atoms with Crippen LogP contribution in [0.5, 0.6) is 0 Å². The van der Waals surface area contributed by atoms with Crippen molar-refractivity contribution in [3.63, 3.8) is 0 Å². The van der Waals surface area contributed by atoms with Crippen LogP contribution in [0.4, 0.5) is 5.82 Å². The van der Waals surface area contributed by atoms with Crippen molar-refractivity contribution in [2.75, 3.05) is 24.8 Å². The summed E-state index contributed by atoms with van der Waals surface area (Å²) in [5.74, 6) is -0.282. The first-order valence-corrected chi connectivity index (χ1v) is 12.0. The van der Waals surface area contributed by atoms with Crippen LogP contribution in [0.25, 0.3) is 5.65 Å². The Kier molecular flexibility index (Phi) is 4.54. The quantitative estimate of drug-likeness (QED) is 0.479. The Morgan fingerprint density at radius 1 is 1.46 bits per heavy atom. The lowest BCUT2D eigenvalue weighted by Crippen LogP contribution is -2.28. The molecule has 0 saturated heterocycles. The average molecular weight is 369 g/mol. The van der Waals surface area contributed by atoms with Gasteiger partial charge in [0, 0.05) is 26.8 Å². The normalized spacial score (nSPS) is 14.4. The monoisotopic (exact) mass is 368 g/mol. The fourth-order valence-corrected chi connectivity index (χ4v) is 3.72. The number of rotatable bonds is 6. The van der Waals surface area contributed by atoms with Crippen molar-refractivity contribution in [2.45, 2.75) is 32.1 Å². The van der Waals surface area contributed by atoms with Gasteiger partial charge in [0.25, 0.3) is 0 Å². The summed E-state index contributed by atoms with van der Waals surface area (Å²) in [6.45, 7) is 8.86. The average Bonchev–Trinajstić information content (AvgIpc) is 3.06. The third-order valence-electron chi connectivity index (χ3n) is 4.07. The van der Waals surface area contributed by atoms with Crippen molar-refractivity contribution in [1.82, 2.24) is 14.6 Å². The molecule has 0 radical (unpaired) electrons. The highest BCUT2D eigenvalue weighted by molar-refractivity contribution is 6.76. The Hall–Kier alpha value is -1.64. The summed E-state index contributed by atoms with van der Waals surface area (Å²) in [6.07, 6.45) is 2.06. The SMILES string of the molecule is C[Si](C)(C)CCOCN1CCc2c(Cl)nc3c(C(=O)O)cnn3c21. The van der Waals surface area contributed by atoms with Gasteiger partial charge in [0.05, 0.1) is 6.20 Å². The molecule has 1 aliphatic heterocycles. The first-order chi connectivity index (χ1) is 11.3. The number of aromatic nitrogens is 3. The minimum absolute atomic E-state index is 0.0474. The Morgan fingerprint density at radius 2 is 2.21 bits per heavy atom. The number of aromatic carboxylic acids is 1. The van der Waals surface area contributed by atoms with E-state index in [2.05, 4.69) is 29.7 Å². The van der Waals surface area contributed by atoms with Gasteiger partial charge >= 0.3 is 5.97 Å². The van der Waals surface area contributed by atoms with E-state index >= 15 is 0 Å². The third-order valence-corrected chi connectivity index (χ3v) is 6.09. The van der Waals surface area contributed by atoms with Gasteiger partial charge in [-0.1, -0.05) is 31.2 Å². The maximum Gasteiger partial charge on any atom is 0.341 e. The molecule has 0 aliphatic carbocycles. The van der Waals surface area contributed by atoms with Crippen LogP contribution < -0.4 is 4.90 Å². The summed E-state index contributed by atoms with van der Waals surface area (Å²) in [7, 11) is -1.13. The Morgan fingerprint density at radius 3 is 2.88 bits per heavy atom. The molecule has 0 amide bonds. The highest BCUT2D eigenvalue weighted by atomic mass is 35.5. The number of ether oxygens (including phenoxy) is 1. The largest absolute Gasteiger partial charge is 0.477 e.